The van der Waals surface area contributed by atoms with Crippen molar-refractivity contribution >= 4 is 29.7 Å². The van der Waals surface area contributed by atoms with Gasteiger partial charge < -0.3 is 4.74 Å². The summed E-state index contributed by atoms with van der Waals surface area (Å²) in [6.07, 6.45) is 3.81. The Bertz CT molecular complexity index is 600. The van der Waals surface area contributed by atoms with Gasteiger partial charge in [0, 0.05) is 5.02 Å². The van der Waals surface area contributed by atoms with Crippen LogP contribution in [0.3, 0.4) is 0 Å². The van der Waals surface area contributed by atoms with Gasteiger partial charge in [0.15, 0.2) is 0 Å². The molecule has 0 fully saturated rings. The van der Waals surface area contributed by atoms with Gasteiger partial charge in [0.25, 0.3) is 0 Å². The summed E-state index contributed by atoms with van der Waals surface area (Å²) < 4.78 is 4.75. The van der Waals surface area contributed by atoms with Crippen LogP contribution in [0.5, 0.6) is 0 Å². The lowest BCUT2D eigenvalue weighted by atomic mass is 10.1. The monoisotopic (exact) mass is 272 g/mol. The molecule has 0 aliphatic carbocycles. The summed E-state index contributed by atoms with van der Waals surface area (Å²) >= 11 is 5.83. The maximum atomic E-state index is 11.6. The minimum Gasteiger partial charge on any atom is -0.465 e. The fraction of sp³-hybridized carbons (Fsp3) is 0.0625. The summed E-state index contributed by atoms with van der Waals surface area (Å²) in [5.74, 6) is -0.337. The third-order valence-electron chi connectivity index (χ3n) is 2.69. The van der Waals surface area contributed by atoms with Crippen molar-refractivity contribution in [2.45, 2.75) is 0 Å². The molecule has 0 unspecified atom stereocenters. The van der Waals surface area contributed by atoms with Crippen molar-refractivity contribution in [3.05, 3.63) is 70.2 Å². The van der Waals surface area contributed by atoms with E-state index in [1.807, 2.05) is 54.6 Å². The normalized spacial score (nSPS) is 10.6. The van der Waals surface area contributed by atoms with Gasteiger partial charge in [-0.15, -0.1) is 0 Å². The predicted molar refractivity (Wildman–Crippen MR) is 78.2 cm³/mol. The van der Waals surface area contributed by atoms with E-state index in [4.69, 9.17) is 16.3 Å². The number of esters is 1. The molecule has 0 bridgehead atoms. The quantitative estimate of drug-likeness (QED) is 0.615. The number of carbonyl (C=O) groups excluding carboxylic acids is 1. The minimum absolute atomic E-state index is 0.337. The van der Waals surface area contributed by atoms with Crippen LogP contribution in [0.15, 0.2) is 48.5 Å². The highest BCUT2D eigenvalue weighted by molar-refractivity contribution is 6.30. The average Bonchev–Trinajstić information content (AvgIpc) is 2.46. The second-order valence-corrected chi connectivity index (χ2v) is 4.40. The molecule has 0 heterocycles. The first-order chi connectivity index (χ1) is 9.20. The van der Waals surface area contributed by atoms with Gasteiger partial charge >= 0.3 is 5.97 Å². The Morgan fingerprint density at radius 1 is 1.05 bits per heavy atom. The molecule has 0 saturated heterocycles. The van der Waals surface area contributed by atoms with Crippen LogP contribution in [0.2, 0.25) is 5.02 Å². The molecular formula is C16H13ClO2. The zero-order valence-corrected chi connectivity index (χ0v) is 11.2. The first kappa shape index (κ1) is 13.4. The molecule has 0 radical (unpaired) electrons. The van der Waals surface area contributed by atoms with Crippen LogP contribution in [0, 0.1) is 0 Å². The van der Waals surface area contributed by atoms with Crippen molar-refractivity contribution in [2.24, 2.45) is 0 Å². The number of ether oxygens (including phenoxy) is 1. The average molecular weight is 273 g/mol. The van der Waals surface area contributed by atoms with E-state index >= 15 is 0 Å². The fourth-order valence-corrected chi connectivity index (χ4v) is 1.82. The molecule has 3 heteroatoms. The Balaban J connectivity index is 2.28. The molecule has 0 aromatic heterocycles. The molecule has 0 saturated carbocycles. The molecule has 2 nitrogen and oxygen atoms in total. The number of benzene rings is 2. The maximum absolute atomic E-state index is 11.6. The summed E-state index contributed by atoms with van der Waals surface area (Å²) in [5.41, 5.74) is 2.39. The maximum Gasteiger partial charge on any atom is 0.338 e. The van der Waals surface area contributed by atoms with Gasteiger partial charge in [0.2, 0.25) is 0 Å². The van der Waals surface area contributed by atoms with Crippen molar-refractivity contribution in [1.82, 2.24) is 0 Å². The molecule has 0 aliphatic rings. The van der Waals surface area contributed by atoms with Crippen LogP contribution in [0.1, 0.15) is 21.5 Å². The van der Waals surface area contributed by atoms with Crippen molar-refractivity contribution in [2.75, 3.05) is 7.11 Å². The number of hydrogen-bond donors (Lipinski definition) is 0. The highest BCUT2D eigenvalue weighted by Gasteiger charge is 2.08. The van der Waals surface area contributed by atoms with E-state index in [2.05, 4.69) is 0 Å². The highest BCUT2D eigenvalue weighted by Crippen LogP contribution is 2.15. The van der Waals surface area contributed by atoms with Crippen molar-refractivity contribution in [1.29, 1.82) is 0 Å². The lowest BCUT2D eigenvalue weighted by molar-refractivity contribution is 0.0600. The molecule has 2 aromatic rings. The fourth-order valence-electron chi connectivity index (χ4n) is 1.70. The molecule has 0 spiro atoms. The highest BCUT2D eigenvalue weighted by atomic mass is 35.5. The van der Waals surface area contributed by atoms with Gasteiger partial charge in [0.05, 0.1) is 12.7 Å². The first-order valence-electron chi connectivity index (χ1n) is 5.81. The second-order valence-electron chi connectivity index (χ2n) is 3.96. The van der Waals surface area contributed by atoms with E-state index in [-0.39, 0.29) is 5.97 Å². The summed E-state index contributed by atoms with van der Waals surface area (Å²) in [4.78, 5) is 11.6. The Morgan fingerprint density at radius 2 is 1.74 bits per heavy atom. The van der Waals surface area contributed by atoms with Gasteiger partial charge in [0.1, 0.15) is 0 Å². The predicted octanol–water partition coefficient (Wildman–Crippen LogP) is 4.30. The summed E-state index contributed by atoms with van der Waals surface area (Å²) in [5, 5.41) is 0.701. The van der Waals surface area contributed by atoms with E-state index in [0.717, 1.165) is 11.1 Å². The summed E-state index contributed by atoms with van der Waals surface area (Å²) in [7, 11) is 1.38. The molecule has 2 aromatic carbocycles. The smallest absolute Gasteiger partial charge is 0.338 e. The van der Waals surface area contributed by atoms with Gasteiger partial charge in [-0.1, -0.05) is 54.1 Å². The topological polar surface area (TPSA) is 26.3 Å². The second kappa shape index (κ2) is 6.21. The minimum atomic E-state index is -0.337. The number of rotatable bonds is 3. The summed E-state index contributed by atoms with van der Waals surface area (Å²) in [6.45, 7) is 0. The molecule has 0 atom stereocenters. The first-order valence-corrected chi connectivity index (χ1v) is 6.19. The van der Waals surface area contributed by atoms with Crippen LogP contribution >= 0.6 is 11.6 Å². The van der Waals surface area contributed by atoms with Crippen molar-refractivity contribution < 1.29 is 9.53 Å². The lowest BCUT2D eigenvalue weighted by Crippen LogP contribution is -2.02. The van der Waals surface area contributed by atoms with Gasteiger partial charge in [-0.2, -0.15) is 0 Å². The molecule has 0 amide bonds. The van der Waals surface area contributed by atoms with Crippen molar-refractivity contribution in [3.63, 3.8) is 0 Å². The van der Waals surface area contributed by atoms with Crippen molar-refractivity contribution in [3.8, 4) is 0 Å². The zero-order chi connectivity index (χ0) is 13.7. The number of hydrogen-bond acceptors (Lipinski definition) is 2. The van der Waals surface area contributed by atoms with E-state index in [1.54, 1.807) is 6.07 Å². The van der Waals surface area contributed by atoms with Gasteiger partial charge in [-0.25, -0.2) is 4.79 Å². The largest absolute Gasteiger partial charge is 0.465 e. The van der Waals surface area contributed by atoms with Crippen LogP contribution < -0.4 is 0 Å². The molecule has 0 N–H and O–H groups in total. The van der Waals surface area contributed by atoms with Crippen LogP contribution in [-0.2, 0) is 4.74 Å². The Hall–Kier alpha value is -2.06. The van der Waals surface area contributed by atoms with E-state index in [1.165, 1.54) is 7.11 Å². The number of carbonyl (C=O) groups is 1. The lowest BCUT2D eigenvalue weighted by Gasteiger charge is -2.03. The zero-order valence-electron chi connectivity index (χ0n) is 10.5. The SMILES string of the molecule is COC(=O)c1ccccc1/C=C\c1ccc(Cl)cc1. The molecule has 0 aliphatic heterocycles. The van der Waals surface area contributed by atoms with Gasteiger partial charge in [-0.3, -0.25) is 0 Å². The molecule has 19 heavy (non-hydrogen) atoms. The Labute approximate surface area is 117 Å². The number of methoxy groups -OCH3 is 1. The molecule has 96 valence electrons. The van der Waals surface area contributed by atoms with Crippen LogP contribution in [-0.4, -0.2) is 13.1 Å². The third kappa shape index (κ3) is 3.46. The van der Waals surface area contributed by atoms with E-state index < -0.39 is 0 Å². The Kier molecular flexibility index (Phi) is 4.37. The molecule has 2 rings (SSSR count). The summed E-state index contributed by atoms with van der Waals surface area (Å²) in [6, 6.07) is 14.8. The Morgan fingerprint density at radius 3 is 2.42 bits per heavy atom. The van der Waals surface area contributed by atoms with E-state index in [9.17, 15) is 4.79 Å². The third-order valence-corrected chi connectivity index (χ3v) is 2.94. The molecular weight excluding hydrogens is 260 g/mol. The standard InChI is InChI=1S/C16H13ClO2/c1-19-16(18)15-5-3-2-4-13(15)9-6-12-7-10-14(17)11-8-12/h2-11H,1H3/b9-6-. The number of halogens is 1. The van der Waals surface area contributed by atoms with E-state index in [0.29, 0.717) is 10.6 Å². The van der Waals surface area contributed by atoms with Gasteiger partial charge in [-0.05, 0) is 29.3 Å². The van der Waals surface area contributed by atoms with Crippen LogP contribution in [0.4, 0.5) is 0 Å². The van der Waals surface area contributed by atoms with Crippen LogP contribution in [0.25, 0.3) is 12.2 Å².